The molecule has 21 heavy (non-hydrogen) atoms. The Morgan fingerprint density at radius 2 is 1.95 bits per heavy atom. The lowest BCUT2D eigenvalue weighted by molar-refractivity contribution is -0.384. The van der Waals surface area contributed by atoms with Crippen LogP contribution in [0.3, 0.4) is 0 Å². The normalized spacial score (nSPS) is 10.4. The molecule has 0 unspecified atom stereocenters. The number of nitro benzene ring substituents is 1. The van der Waals surface area contributed by atoms with Crippen LogP contribution in [0.4, 0.5) is 15.8 Å². The van der Waals surface area contributed by atoms with Crippen LogP contribution in [0.1, 0.15) is 5.56 Å². The Morgan fingerprint density at radius 1 is 1.19 bits per heavy atom. The minimum atomic E-state index is -0.558. The summed E-state index contributed by atoms with van der Waals surface area (Å²) in [6, 6.07) is 8.41. The summed E-state index contributed by atoms with van der Waals surface area (Å²) in [6.45, 7) is 0.381. The second-order valence-corrected chi connectivity index (χ2v) is 5.17. The molecule has 0 aliphatic carbocycles. The van der Waals surface area contributed by atoms with Gasteiger partial charge in [-0.25, -0.2) is 4.39 Å². The summed E-state index contributed by atoms with van der Waals surface area (Å²) in [5.41, 5.74) is 0.830. The minimum Gasteiger partial charge on any atom is -0.379 e. The van der Waals surface area contributed by atoms with Gasteiger partial charge in [0, 0.05) is 28.7 Å². The van der Waals surface area contributed by atoms with Gasteiger partial charge in [-0.3, -0.25) is 10.1 Å². The van der Waals surface area contributed by atoms with Gasteiger partial charge in [0.15, 0.2) is 0 Å². The predicted molar refractivity (Wildman–Crippen MR) is 81.7 cm³/mol. The van der Waals surface area contributed by atoms with E-state index in [-0.39, 0.29) is 11.4 Å². The molecule has 2 aromatic carbocycles. The maximum atomic E-state index is 13.2. The Morgan fingerprint density at radius 3 is 2.62 bits per heavy atom. The molecule has 0 amide bonds. The van der Waals surface area contributed by atoms with Crippen LogP contribution in [0.2, 0.25) is 10.0 Å². The van der Waals surface area contributed by atoms with Crippen molar-refractivity contribution in [3.8, 4) is 0 Å². The second kappa shape index (κ2) is 6.74. The first-order valence-electron chi connectivity index (χ1n) is 6.09. The molecular weight excluding hydrogens is 318 g/mol. The van der Waals surface area contributed by atoms with Crippen LogP contribution in [-0.2, 0) is 6.42 Å². The largest absolute Gasteiger partial charge is 0.379 e. The van der Waals surface area contributed by atoms with Gasteiger partial charge < -0.3 is 5.32 Å². The van der Waals surface area contributed by atoms with E-state index < -0.39 is 10.7 Å². The highest BCUT2D eigenvalue weighted by atomic mass is 35.5. The topological polar surface area (TPSA) is 55.2 Å². The van der Waals surface area contributed by atoms with Crippen molar-refractivity contribution in [2.75, 3.05) is 11.9 Å². The van der Waals surface area contributed by atoms with Gasteiger partial charge in [-0.2, -0.15) is 0 Å². The van der Waals surface area contributed by atoms with E-state index in [0.717, 1.165) is 23.8 Å². The van der Waals surface area contributed by atoms with Crippen molar-refractivity contribution in [3.63, 3.8) is 0 Å². The molecule has 0 atom stereocenters. The van der Waals surface area contributed by atoms with Crippen molar-refractivity contribution >= 4 is 34.6 Å². The molecule has 0 aliphatic heterocycles. The van der Waals surface area contributed by atoms with E-state index in [2.05, 4.69) is 5.32 Å². The van der Waals surface area contributed by atoms with E-state index in [9.17, 15) is 14.5 Å². The maximum Gasteiger partial charge on any atom is 0.292 e. The molecule has 0 saturated carbocycles. The molecule has 1 N–H and O–H groups in total. The van der Waals surface area contributed by atoms with Crippen LogP contribution in [0.15, 0.2) is 36.4 Å². The number of nitrogens with zero attached hydrogens (tertiary/aromatic N) is 1. The Balaban J connectivity index is 2.06. The van der Waals surface area contributed by atoms with Crippen molar-refractivity contribution < 1.29 is 9.31 Å². The van der Waals surface area contributed by atoms with E-state index in [1.165, 1.54) is 0 Å². The number of anilines is 1. The molecule has 0 radical (unpaired) electrons. The third-order valence-electron chi connectivity index (χ3n) is 2.88. The van der Waals surface area contributed by atoms with E-state index in [1.807, 2.05) is 0 Å². The van der Waals surface area contributed by atoms with Crippen LogP contribution < -0.4 is 5.32 Å². The fraction of sp³-hybridized carbons (Fsp3) is 0.143. The molecule has 2 rings (SSSR count). The number of nitrogens with one attached hydrogen (secondary N) is 1. The Hall–Kier alpha value is -1.85. The van der Waals surface area contributed by atoms with Gasteiger partial charge in [-0.1, -0.05) is 29.3 Å². The standard InChI is InChI=1S/C14H11Cl2FN2O2/c15-10-2-1-9(12(16)7-10)5-6-18-13-8-11(17)3-4-14(13)19(20)21/h1-4,7-8,18H,5-6H2. The minimum absolute atomic E-state index is 0.144. The molecule has 110 valence electrons. The fourth-order valence-corrected chi connectivity index (χ4v) is 2.37. The van der Waals surface area contributed by atoms with Crippen LogP contribution in [0.25, 0.3) is 0 Å². The highest BCUT2D eigenvalue weighted by molar-refractivity contribution is 6.35. The maximum absolute atomic E-state index is 13.2. The first-order chi connectivity index (χ1) is 9.97. The smallest absolute Gasteiger partial charge is 0.292 e. The van der Waals surface area contributed by atoms with Crippen LogP contribution in [-0.4, -0.2) is 11.5 Å². The summed E-state index contributed by atoms with van der Waals surface area (Å²) in [7, 11) is 0. The first-order valence-corrected chi connectivity index (χ1v) is 6.84. The van der Waals surface area contributed by atoms with Gasteiger partial charge >= 0.3 is 0 Å². The summed E-state index contributed by atoms with van der Waals surface area (Å²) in [5.74, 6) is -0.535. The van der Waals surface area contributed by atoms with Gasteiger partial charge in [0.2, 0.25) is 0 Å². The summed E-state index contributed by atoms with van der Waals surface area (Å²) < 4.78 is 13.2. The SMILES string of the molecule is O=[N+]([O-])c1ccc(F)cc1NCCc1ccc(Cl)cc1Cl. The van der Waals surface area contributed by atoms with Gasteiger partial charge in [-0.15, -0.1) is 0 Å². The molecule has 4 nitrogen and oxygen atoms in total. The van der Waals surface area contributed by atoms with E-state index in [0.29, 0.717) is 23.0 Å². The van der Waals surface area contributed by atoms with Crippen molar-refractivity contribution in [3.05, 3.63) is 67.9 Å². The molecule has 0 bridgehead atoms. The van der Waals surface area contributed by atoms with Crippen LogP contribution in [0, 0.1) is 15.9 Å². The zero-order valence-corrected chi connectivity index (χ0v) is 12.3. The number of hydrogen-bond donors (Lipinski definition) is 1. The fourth-order valence-electron chi connectivity index (χ4n) is 1.87. The number of benzene rings is 2. The molecule has 7 heteroatoms. The van der Waals surface area contributed by atoms with Gasteiger partial charge in [0.05, 0.1) is 4.92 Å². The lowest BCUT2D eigenvalue weighted by Crippen LogP contribution is -2.07. The third kappa shape index (κ3) is 4.06. The van der Waals surface area contributed by atoms with Gasteiger partial charge in [-0.05, 0) is 30.2 Å². The number of hydrogen-bond acceptors (Lipinski definition) is 3. The monoisotopic (exact) mass is 328 g/mol. The molecule has 0 saturated heterocycles. The molecule has 2 aromatic rings. The van der Waals surface area contributed by atoms with E-state index in [4.69, 9.17) is 23.2 Å². The second-order valence-electron chi connectivity index (χ2n) is 4.33. The molecule has 0 spiro atoms. The molecule has 0 fully saturated rings. The zero-order chi connectivity index (χ0) is 15.4. The zero-order valence-electron chi connectivity index (χ0n) is 10.8. The average Bonchev–Trinajstić information content (AvgIpc) is 2.41. The van der Waals surface area contributed by atoms with E-state index in [1.54, 1.807) is 18.2 Å². The lowest BCUT2D eigenvalue weighted by Gasteiger charge is -2.08. The molecule has 0 aromatic heterocycles. The van der Waals surface area contributed by atoms with Crippen molar-refractivity contribution in [2.24, 2.45) is 0 Å². The highest BCUT2D eigenvalue weighted by Gasteiger charge is 2.14. The Kier molecular flexibility index (Phi) is 4.98. The summed E-state index contributed by atoms with van der Waals surface area (Å²) in [6.07, 6.45) is 0.531. The van der Waals surface area contributed by atoms with Crippen molar-refractivity contribution in [1.29, 1.82) is 0 Å². The number of rotatable bonds is 5. The van der Waals surface area contributed by atoms with Crippen molar-refractivity contribution in [1.82, 2.24) is 0 Å². The molecule has 0 heterocycles. The van der Waals surface area contributed by atoms with Crippen LogP contribution in [0.5, 0.6) is 0 Å². The number of halogens is 3. The van der Waals surface area contributed by atoms with Crippen LogP contribution >= 0.6 is 23.2 Å². The van der Waals surface area contributed by atoms with Gasteiger partial charge in [0.1, 0.15) is 11.5 Å². The summed E-state index contributed by atoms with van der Waals surface area (Å²) >= 11 is 11.8. The van der Waals surface area contributed by atoms with Crippen molar-refractivity contribution in [2.45, 2.75) is 6.42 Å². The van der Waals surface area contributed by atoms with E-state index >= 15 is 0 Å². The Labute approximate surface area is 130 Å². The average molecular weight is 329 g/mol. The Bertz CT molecular complexity index is 680. The summed E-state index contributed by atoms with van der Waals surface area (Å²) in [5, 5.41) is 14.8. The predicted octanol–water partition coefficient (Wildman–Crippen LogP) is 4.70. The molecule has 0 aliphatic rings. The third-order valence-corrected chi connectivity index (χ3v) is 3.47. The lowest BCUT2D eigenvalue weighted by atomic mass is 10.1. The number of nitro groups is 1. The van der Waals surface area contributed by atoms with Gasteiger partial charge in [0.25, 0.3) is 5.69 Å². The molecular formula is C14H11Cl2FN2O2. The first kappa shape index (κ1) is 15.5. The highest BCUT2D eigenvalue weighted by Crippen LogP contribution is 2.25. The quantitative estimate of drug-likeness (QED) is 0.639. The summed E-state index contributed by atoms with van der Waals surface area (Å²) in [4.78, 5) is 10.3.